The fourth-order valence-corrected chi connectivity index (χ4v) is 1.65. The SMILES string of the molecule is COc1ccc(CC(C)(CN)OCCO)cc1. The quantitative estimate of drug-likeness (QED) is 0.744. The molecule has 4 heteroatoms. The van der Waals surface area contributed by atoms with Crippen LogP contribution in [0.5, 0.6) is 5.75 Å². The number of methoxy groups -OCH3 is 1. The largest absolute Gasteiger partial charge is 0.497 e. The number of aliphatic hydroxyl groups excluding tert-OH is 1. The van der Waals surface area contributed by atoms with Crippen molar-refractivity contribution in [2.24, 2.45) is 5.73 Å². The van der Waals surface area contributed by atoms with E-state index in [0.29, 0.717) is 19.6 Å². The van der Waals surface area contributed by atoms with E-state index in [-0.39, 0.29) is 6.61 Å². The van der Waals surface area contributed by atoms with E-state index in [1.807, 2.05) is 31.2 Å². The van der Waals surface area contributed by atoms with Crippen LogP contribution in [0.3, 0.4) is 0 Å². The molecule has 3 N–H and O–H groups in total. The average molecular weight is 239 g/mol. The van der Waals surface area contributed by atoms with Crippen LogP contribution in [0.15, 0.2) is 24.3 Å². The van der Waals surface area contributed by atoms with Gasteiger partial charge in [0.15, 0.2) is 0 Å². The summed E-state index contributed by atoms with van der Waals surface area (Å²) in [5.41, 5.74) is 6.42. The van der Waals surface area contributed by atoms with Crippen molar-refractivity contribution in [3.63, 3.8) is 0 Å². The Morgan fingerprint density at radius 2 is 1.94 bits per heavy atom. The molecule has 0 saturated heterocycles. The molecule has 0 spiro atoms. The fourth-order valence-electron chi connectivity index (χ4n) is 1.65. The third-order valence-electron chi connectivity index (χ3n) is 2.71. The third kappa shape index (κ3) is 4.34. The van der Waals surface area contributed by atoms with Gasteiger partial charge in [0, 0.05) is 13.0 Å². The average Bonchev–Trinajstić information content (AvgIpc) is 2.37. The summed E-state index contributed by atoms with van der Waals surface area (Å²) in [6.07, 6.45) is 0.716. The molecule has 0 aliphatic carbocycles. The van der Waals surface area contributed by atoms with Crippen molar-refractivity contribution in [3.05, 3.63) is 29.8 Å². The standard InChI is InChI=1S/C13H21NO3/c1-13(10-14,17-8-7-15)9-11-3-5-12(16-2)6-4-11/h3-6,15H,7-10,14H2,1-2H3. The van der Waals surface area contributed by atoms with E-state index in [0.717, 1.165) is 11.3 Å². The van der Waals surface area contributed by atoms with E-state index in [1.54, 1.807) is 7.11 Å². The van der Waals surface area contributed by atoms with Gasteiger partial charge in [-0.2, -0.15) is 0 Å². The van der Waals surface area contributed by atoms with Crippen LogP contribution in [0.2, 0.25) is 0 Å². The molecule has 0 bridgehead atoms. The second-order valence-electron chi connectivity index (χ2n) is 4.25. The summed E-state index contributed by atoms with van der Waals surface area (Å²) in [6.45, 7) is 2.69. The fraction of sp³-hybridized carbons (Fsp3) is 0.538. The second-order valence-corrected chi connectivity index (χ2v) is 4.25. The minimum atomic E-state index is -0.433. The third-order valence-corrected chi connectivity index (χ3v) is 2.71. The lowest BCUT2D eigenvalue weighted by Gasteiger charge is -2.28. The van der Waals surface area contributed by atoms with Crippen LogP contribution in [0, 0.1) is 0 Å². The summed E-state index contributed by atoms with van der Waals surface area (Å²) in [6, 6.07) is 7.82. The van der Waals surface area contributed by atoms with Gasteiger partial charge >= 0.3 is 0 Å². The number of aliphatic hydroxyl groups is 1. The zero-order valence-corrected chi connectivity index (χ0v) is 10.5. The van der Waals surface area contributed by atoms with Crippen molar-refractivity contribution in [2.75, 3.05) is 26.9 Å². The lowest BCUT2D eigenvalue weighted by molar-refractivity contribution is -0.0388. The normalized spacial score (nSPS) is 14.4. The minimum absolute atomic E-state index is 0.0121. The summed E-state index contributed by atoms with van der Waals surface area (Å²) in [5.74, 6) is 0.833. The highest BCUT2D eigenvalue weighted by Crippen LogP contribution is 2.19. The van der Waals surface area contributed by atoms with Gasteiger partial charge in [-0.15, -0.1) is 0 Å². The maximum Gasteiger partial charge on any atom is 0.118 e. The van der Waals surface area contributed by atoms with Gasteiger partial charge in [-0.3, -0.25) is 0 Å². The van der Waals surface area contributed by atoms with Crippen LogP contribution in [0.4, 0.5) is 0 Å². The zero-order chi connectivity index (χ0) is 12.7. The van der Waals surface area contributed by atoms with Crippen molar-refractivity contribution >= 4 is 0 Å². The van der Waals surface area contributed by atoms with Crippen LogP contribution in [0.1, 0.15) is 12.5 Å². The molecule has 0 heterocycles. The summed E-state index contributed by atoms with van der Waals surface area (Å²) >= 11 is 0. The van der Waals surface area contributed by atoms with Gasteiger partial charge in [-0.1, -0.05) is 12.1 Å². The highest BCUT2D eigenvalue weighted by molar-refractivity contribution is 5.28. The van der Waals surface area contributed by atoms with Crippen LogP contribution in [0.25, 0.3) is 0 Å². The molecule has 0 saturated carbocycles. The Hall–Kier alpha value is -1.10. The molecule has 17 heavy (non-hydrogen) atoms. The summed E-state index contributed by atoms with van der Waals surface area (Å²) < 4.78 is 10.7. The number of rotatable bonds is 7. The number of hydrogen-bond donors (Lipinski definition) is 2. The summed E-state index contributed by atoms with van der Waals surface area (Å²) in [5, 5.41) is 8.78. The molecular weight excluding hydrogens is 218 g/mol. The number of benzene rings is 1. The first-order valence-electron chi connectivity index (χ1n) is 5.71. The molecule has 0 amide bonds. The van der Waals surface area contributed by atoms with Crippen molar-refractivity contribution in [1.29, 1.82) is 0 Å². The van der Waals surface area contributed by atoms with Crippen molar-refractivity contribution in [3.8, 4) is 5.75 Å². The Morgan fingerprint density at radius 3 is 2.41 bits per heavy atom. The molecule has 1 unspecified atom stereocenters. The van der Waals surface area contributed by atoms with E-state index >= 15 is 0 Å². The van der Waals surface area contributed by atoms with Crippen LogP contribution < -0.4 is 10.5 Å². The van der Waals surface area contributed by atoms with E-state index in [1.165, 1.54) is 0 Å². The Balaban J connectivity index is 2.65. The van der Waals surface area contributed by atoms with Crippen molar-refractivity contribution in [1.82, 2.24) is 0 Å². The molecular formula is C13H21NO3. The molecule has 0 aliphatic heterocycles. The molecule has 1 aromatic carbocycles. The Labute approximate surface area is 102 Å². The van der Waals surface area contributed by atoms with Crippen LogP contribution in [-0.4, -0.2) is 37.6 Å². The Kier molecular flexibility index (Phi) is 5.41. The smallest absolute Gasteiger partial charge is 0.118 e. The van der Waals surface area contributed by atoms with Crippen molar-refractivity contribution < 1.29 is 14.6 Å². The monoisotopic (exact) mass is 239 g/mol. The van der Waals surface area contributed by atoms with Gasteiger partial charge in [0.25, 0.3) is 0 Å². The molecule has 0 aromatic heterocycles. The lowest BCUT2D eigenvalue weighted by atomic mass is 9.96. The van der Waals surface area contributed by atoms with Gasteiger partial charge in [-0.25, -0.2) is 0 Å². The molecule has 1 atom stereocenters. The number of nitrogens with two attached hydrogens (primary N) is 1. The van der Waals surface area contributed by atoms with Gasteiger partial charge in [0.2, 0.25) is 0 Å². The lowest BCUT2D eigenvalue weighted by Crippen LogP contribution is -2.40. The molecule has 1 rings (SSSR count). The number of hydrogen-bond acceptors (Lipinski definition) is 4. The van der Waals surface area contributed by atoms with Gasteiger partial charge in [-0.05, 0) is 24.6 Å². The second kappa shape index (κ2) is 6.59. The van der Waals surface area contributed by atoms with Gasteiger partial charge < -0.3 is 20.3 Å². The van der Waals surface area contributed by atoms with Crippen LogP contribution >= 0.6 is 0 Å². The molecule has 96 valence electrons. The van der Waals surface area contributed by atoms with Crippen molar-refractivity contribution in [2.45, 2.75) is 18.9 Å². The molecule has 0 aliphatic rings. The number of ether oxygens (including phenoxy) is 2. The van der Waals surface area contributed by atoms with Crippen LogP contribution in [-0.2, 0) is 11.2 Å². The maximum absolute atomic E-state index is 8.78. The van der Waals surface area contributed by atoms with Gasteiger partial charge in [0.1, 0.15) is 5.75 Å². The highest BCUT2D eigenvalue weighted by atomic mass is 16.5. The minimum Gasteiger partial charge on any atom is -0.497 e. The molecule has 0 radical (unpaired) electrons. The zero-order valence-electron chi connectivity index (χ0n) is 10.5. The highest BCUT2D eigenvalue weighted by Gasteiger charge is 2.23. The predicted molar refractivity (Wildman–Crippen MR) is 67.2 cm³/mol. The van der Waals surface area contributed by atoms with E-state index in [9.17, 15) is 0 Å². The first-order valence-corrected chi connectivity index (χ1v) is 5.71. The maximum atomic E-state index is 8.78. The topological polar surface area (TPSA) is 64.7 Å². The predicted octanol–water partition coefficient (Wildman–Crippen LogP) is 0.964. The Morgan fingerprint density at radius 1 is 1.29 bits per heavy atom. The molecule has 0 fully saturated rings. The van der Waals surface area contributed by atoms with E-state index < -0.39 is 5.60 Å². The molecule has 1 aromatic rings. The summed E-state index contributed by atoms with van der Waals surface area (Å²) in [4.78, 5) is 0. The van der Waals surface area contributed by atoms with Gasteiger partial charge in [0.05, 0.1) is 25.9 Å². The van der Waals surface area contributed by atoms with E-state index in [4.69, 9.17) is 20.3 Å². The molecule has 4 nitrogen and oxygen atoms in total. The van der Waals surface area contributed by atoms with E-state index in [2.05, 4.69) is 0 Å². The summed E-state index contributed by atoms with van der Waals surface area (Å²) in [7, 11) is 1.64. The first kappa shape index (κ1) is 14.0. The first-order chi connectivity index (χ1) is 8.13. The Bertz CT molecular complexity index is 326.